The van der Waals surface area contributed by atoms with Gasteiger partial charge in [-0.2, -0.15) is 0 Å². The quantitative estimate of drug-likeness (QED) is 0.574. The molecule has 2 nitrogen and oxygen atoms in total. The van der Waals surface area contributed by atoms with Crippen molar-refractivity contribution in [2.75, 3.05) is 5.73 Å². The maximum atomic E-state index is 12.5. The third kappa shape index (κ3) is 2.90. The molecule has 0 aliphatic heterocycles. The standard InChI is InChI=1S/C13H7BrCl3NO/c14-12-7(2-1-3-10(12)18)13(19)11-8(16)4-6(15)5-9(11)17/h1-5H,18H2. The predicted molar refractivity (Wildman–Crippen MR) is 83.5 cm³/mol. The van der Waals surface area contributed by atoms with E-state index >= 15 is 0 Å². The van der Waals surface area contributed by atoms with Crippen molar-refractivity contribution in [2.24, 2.45) is 0 Å². The molecule has 0 radical (unpaired) electrons. The molecular weight excluding hydrogens is 372 g/mol. The second kappa shape index (κ2) is 5.71. The molecule has 2 N–H and O–H groups in total. The van der Waals surface area contributed by atoms with E-state index in [1.54, 1.807) is 18.2 Å². The molecule has 0 aromatic heterocycles. The highest BCUT2D eigenvalue weighted by molar-refractivity contribution is 9.10. The van der Waals surface area contributed by atoms with Gasteiger partial charge in [-0.3, -0.25) is 4.79 Å². The van der Waals surface area contributed by atoms with Crippen LogP contribution in [0.3, 0.4) is 0 Å². The highest BCUT2D eigenvalue weighted by atomic mass is 79.9. The zero-order chi connectivity index (χ0) is 14.2. The van der Waals surface area contributed by atoms with Crippen molar-refractivity contribution >= 4 is 62.2 Å². The summed E-state index contributed by atoms with van der Waals surface area (Å²) in [5.41, 5.74) is 6.82. The molecule has 6 heteroatoms. The van der Waals surface area contributed by atoms with Crippen LogP contribution in [0.2, 0.25) is 15.1 Å². The minimum absolute atomic E-state index is 0.205. The van der Waals surface area contributed by atoms with Crippen LogP contribution in [0.15, 0.2) is 34.8 Å². The fraction of sp³-hybridized carbons (Fsp3) is 0. The van der Waals surface area contributed by atoms with Gasteiger partial charge in [0.25, 0.3) is 0 Å². The molecule has 0 aliphatic rings. The van der Waals surface area contributed by atoms with Crippen LogP contribution in [0.25, 0.3) is 0 Å². The number of carbonyl (C=O) groups is 1. The summed E-state index contributed by atoms with van der Waals surface area (Å²) in [6.07, 6.45) is 0. The Hall–Kier alpha value is -0.740. The van der Waals surface area contributed by atoms with Gasteiger partial charge in [-0.25, -0.2) is 0 Å². The monoisotopic (exact) mass is 377 g/mol. The minimum Gasteiger partial charge on any atom is -0.398 e. The number of hydrogen-bond acceptors (Lipinski definition) is 2. The van der Waals surface area contributed by atoms with E-state index in [2.05, 4.69) is 15.9 Å². The van der Waals surface area contributed by atoms with Gasteiger partial charge in [0.1, 0.15) is 0 Å². The average molecular weight is 379 g/mol. The maximum Gasteiger partial charge on any atom is 0.197 e. The molecule has 0 heterocycles. The summed E-state index contributed by atoms with van der Waals surface area (Å²) >= 11 is 21.2. The maximum absolute atomic E-state index is 12.5. The SMILES string of the molecule is Nc1cccc(C(=O)c2c(Cl)cc(Cl)cc2Cl)c1Br. The Labute approximate surface area is 133 Å². The Morgan fingerprint density at radius 3 is 2.26 bits per heavy atom. The summed E-state index contributed by atoms with van der Waals surface area (Å²) in [5.74, 6) is -0.314. The highest BCUT2D eigenvalue weighted by Crippen LogP contribution is 2.33. The van der Waals surface area contributed by atoms with Crippen molar-refractivity contribution in [1.29, 1.82) is 0 Å². The van der Waals surface area contributed by atoms with Gasteiger partial charge >= 0.3 is 0 Å². The van der Waals surface area contributed by atoms with E-state index in [-0.39, 0.29) is 21.4 Å². The van der Waals surface area contributed by atoms with E-state index < -0.39 is 0 Å². The van der Waals surface area contributed by atoms with E-state index in [4.69, 9.17) is 40.5 Å². The largest absolute Gasteiger partial charge is 0.398 e. The number of rotatable bonds is 2. The van der Waals surface area contributed by atoms with Crippen molar-refractivity contribution in [3.8, 4) is 0 Å². The van der Waals surface area contributed by atoms with Gasteiger partial charge in [0.15, 0.2) is 5.78 Å². The number of benzene rings is 2. The Bertz CT molecular complexity index is 650. The normalized spacial score (nSPS) is 10.5. The lowest BCUT2D eigenvalue weighted by molar-refractivity contribution is 0.103. The van der Waals surface area contributed by atoms with E-state index in [1.165, 1.54) is 12.1 Å². The number of halogens is 4. The van der Waals surface area contributed by atoms with Crippen LogP contribution in [0.5, 0.6) is 0 Å². The van der Waals surface area contributed by atoms with E-state index in [0.29, 0.717) is 20.7 Å². The molecule has 0 saturated carbocycles. The molecule has 0 spiro atoms. The second-order valence-corrected chi connectivity index (χ2v) is 5.83. The molecule has 0 aliphatic carbocycles. The summed E-state index contributed by atoms with van der Waals surface area (Å²) < 4.78 is 0.516. The molecule has 0 fully saturated rings. The Morgan fingerprint density at radius 2 is 1.68 bits per heavy atom. The third-order valence-electron chi connectivity index (χ3n) is 2.51. The molecule has 2 aromatic carbocycles. The Morgan fingerprint density at radius 1 is 1.11 bits per heavy atom. The first kappa shape index (κ1) is 14.7. The number of hydrogen-bond donors (Lipinski definition) is 1. The number of nitrogen functional groups attached to an aromatic ring is 1. The van der Waals surface area contributed by atoms with Crippen LogP contribution in [-0.4, -0.2) is 5.78 Å². The summed E-state index contributed by atoms with van der Waals surface area (Å²) in [6.45, 7) is 0. The van der Waals surface area contributed by atoms with Crippen molar-refractivity contribution in [2.45, 2.75) is 0 Å². The fourth-order valence-corrected chi connectivity index (χ4v) is 3.05. The number of ketones is 1. The van der Waals surface area contributed by atoms with Gasteiger partial charge in [0, 0.05) is 16.3 Å². The van der Waals surface area contributed by atoms with Gasteiger partial charge in [0.2, 0.25) is 0 Å². The van der Waals surface area contributed by atoms with Gasteiger partial charge in [-0.05, 0) is 40.2 Å². The van der Waals surface area contributed by atoms with Crippen molar-refractivity contribution in [1.82, 2.24) is 0 Å². The zero-order valence-corrected chi connectivity index (χ0v) is 13.2. The van der Waals surface area contributed by atoms with Crippen LogP contribution < -0.4 is 5.73 Å². The molecule has 2 aromatic rings. The molecular formula is C13H7BrCl3NO. The minimum atomic E-state index is -0.314. The number of nitrogens with two attached hydrogens (primary N) is 1. The molecule has 0 amide bonds. The molecule has 19 heavy (non-hydrogen) atoms. The summed E-state index contributed by atoms with van der Waals surface area (Å²) in [6, 6.07) is 7.96. The fourth-order valence-electron chi connectivity index (χ4n) is 1.62. The molecule has 0 saturated heterocycles. The Kier molecular flexibility index (Phi) is 4.41. The number of anilines is 1. The van der Waals surface area contributed by atoms with Crippen LogP contribution in [0, 0.1) is 0 Å². The predicted octanol–water partition coefficient (Wildman–Crippen LogP) is 5.22. The molecule has 0 atom stereocenters. The second-order valence-electron chi connectivity index (χ2n) is 3.78. The highest BCUT2D eigenvalue weighted by Gasteiger charge is 2.20. The van der Waals surface area contributed by atoms with Crippen molar-refractivity contribution < 1.29 is 4.79 Å². The van der Waals surface area contributed by atoms with E-state index in [0.717, 1.165) is 0 Å². The van der Waals surface area contributed by atoms with E-state index in [1.807, 2.05) is 0 Å². The first-order valence-corrected chi connectivity index (χ1v) is 7.07. The lowest BCUT2D eigenvalue weighted by Gasteiger charge is -2.09. The van der Waals surface area contributed by atoms with Gasteiger partial charge < -0.3 is 5.73 Å². The molecule has 0 bridgehead atoms. The molecule has 98 valence electrons. The average Bonchev–Trinajstić information content (AvgIpc) is 2.31. The van der Waals surface area contributed by atoms with Crippen LogP contribution in [0.1, 0.15) is 15.9 Å². The first-order valence-electron chi connectivity index (χ1n) is 5.15. The lowest BCUT2D eigenvalue weighted by Crippen LogP contribution is -2.05. The molecule has 2 rings (SSSR count). The van der Waals surface area contributed by atoms with Crippen molar-refractivity contribution in [3.05, 3.63) is 61.0 Å². The topological polar surface area (TPSA) is 43.1 Å². The van der Waals surface area contributed by atoms with Gasteiger partial charge in [-0.1, -0.05) is 40.9 Å². The third-order valence-corrected chi connectivity index (χ3v) is 4.21. The van der Waals surface area contributed by atoms with Crippen LogP contribution >= 0.6 is 50.7 Å². The van der Waals surface area contributed by atoms with Crippen LogP contribution in [0.4, 0.5) is 5.69 Å². The first-order chi connectivity index (χ1) is 8.91. The van der Waals surface area contributed by atoms with Gasteiger partial charge in [-0.15, -0.1) is 0 Å². The smallest absolute Gasteiger partial charge is 0.197 e. The summed E-state index contributed by atoms with van der Waals surface area (Å²) in [4.78, 5) is 12.5. The van der Waals surface area contributed by atoms with Gasteiger partial charge in [0.05, 0.1) is 20.1 Å². The number of carbonyl (C=O) groups excluding carboxylic acids is 1. The summed E-state index contributed by atoms with van der Waals surface area (Å²) in [5, 5.41) is 0.784. The van der Waals surface area contributed by atoms with Crippen molar-refractivity contribution in [3.63, 3.8) is 0 Å². The molecule has 0 unspecified atom stereocenters. The zero-order valence-electron chi connectivity index (χ0n) is 9.38. The summed E-state index contributed by atoms with van der Waals surface area (Å²) in [7, 11) is 0. The Balaban J connectivity index is 2.60. The lowest BCUT2D eigenvalue weighted by atomic mass is 10.0. The van der Waals surface area contributed by atoms with Crippen LogP contribution in [-0.2, 0) is 0 Å². The van der Waals surface area contributed by atoms with E-state index in [9.17, 15) is 4.79 Å².